The van der Waals surface area contributed by atoms with E-state index in [-0.39, 0.29) is 25.4 Å². The van der Waals surface area contributed by atoms with Gasteiger partial charge in [-0.05, 0) is 50.4 Å². The van der Waals surface area contributed by atoms with Crippen LogP contribution < -0.4 is 5.32 Å². The maximum atomic E-state index is 11.8. The van der Waals surface area contributed by atoms with Gasteiger partial charge in [-0.15, -0.1) is 5.10 Å². The van der Waals surface area contributed by atoms with Crippen molar-refractivity contribution < 1.29 is 24.1 Å². The van der Waals surface area contributed by atoms with Crippen LogP contribution in [0.2, 0.25) is 0 Å². The molecule has 0 radical (unpaired) electrons. The number of carbonyl (C=O) groups excluding carboxylic acids is 1. The number of aromatic nitrogens is 4. The van der Waals surface area contributed by atoms with E-state index >= 15 is 0 Å². The summed E-state index contributed by atoms with van der Waals surface area (Å²) in [5.41, 5.74) is 5.73. The third-order valence-electron chi connectivity index (χ3n) is 6.78. The number of rotatable bonds is 11. The highest BCUT2D eigenvalue weighted by Gasteiger charge is 2.32. The minimum atomic E-state index is -0.589. The Labute approximate surface area is 248 Å². The normalized spacial score (nSPS) is 18.4. The first-order chi connectivity index (χ1) is 20.5. The van der Waals surface area contributed by atoms with Gasteiger partial charge in [0.25, 0.3) is 0 Å². The fourth-order valence-corrected chi connectivity index (χ4v) is 5.49. The molecular formula is C31H33N5O5S. The van der Waals surface area contributed by atoms with Crippen molar-refractivity contribution in [1.82, 2.24) is 25.5 Å². The summed E-state index contributed by atoms with van der Waals surface area (Å²) >= 11 is 1.54. The summed E-state index contributed by atoms with van der Waals surface area (Å²) in [5.74, 6) is 0.656. The zero-order valence-electron chi connectivity index (χ0n) is 23.3. The average Bonchev–Trinajstić information content (AvgIpc) is 3.46. The summed E-state index contributed by atoms with van der Waals surface area (Å²) in [4.78, 5) is 11.8. The number of hydrogen-bond donors (Lipinski definition) is 2. The van der Waals surface area contributed by atoms with Crippen molar-refractivity contribution in [2.24, 2.45) is 7.05 Å². The average molecular weight is 588 g/mol. The first-order valence-corrected chi connectivity index (χ1v) is 14.6. The van der Waals surface area contributed by atoms with Crippen LogP contribution in [0.25, 0.3) is 11.1 Å². The molecule has 11 heteroatoms. The van der Waals surface area contributed by atoms with Crippen molar-refractivity contribution in [3.05, 3.63) is 108 Å². The van der Waals surface area contributed by atoms with Gasteiger partial charge in [-0.3, -0.25) is 0 Å². The van der Waals surface area contributed by atoms with Crippen LogP contribution >= 0.6 is 11.8 Å². The van der Waals surface area contributed by atoms with Crippen LogP contribution in [-0.4, -0.2) is 49.9 Å². The van der Waals surface area contributed by atoms with Crippen molar-refractivity contribution in [3.63, 3.8) is 0 Å². The maximum Gasteiger partial charge on any atom is 0.407 e. The highest BCUT2D eigenvalue weighted by atomic mass is 32.2. The second-order valence-electron chi connectivity index (χ2n) is 9.81. The van der Waals surface area contributed by atoms with Gasteiger partial charge in [0.1, 0.15) is 6.61 Å². The molecule has 1 amide bonds. The molecule has 3 unspecified atom stereocenters. The molecule has 3 aromatic carbocycles. The van der Waals surface area contributed by atoms with E-state index in [1.807, 2.05) is 73.8 Å². The third kappa shape index (κ3) is 7.62. The minimum absolute atomic E-state index is 0.00794. The molecule has 2 heterocycles. The van der Waals surface area contributed by atoms with Gasteiger partial charge in [-0.1, -0.05) is 85.1 Å². The lowest BCUT2D eigenvalue weighted by Crippen LogP contribution is -2.31. The SMILES string of the molecule is C=CCOC(=O)NCc1cccc(-c2cccc(C3OC(CSc4nnnn4C)CC(c4ccc(CO)cc4)O3)c2)c1. The molecule has 10 nitrogen and oxygen atoms in total. The second-order valence-corrected chi connectivity index (χ2v) is 10.8. The number of aliphatic hydroxyl groups excluding tert-OH is 1. The quantitative estimate of drug-likeness (QED) is 0.182. The summed E-state index contributed by atoms with van der Waals surface area (Å²) < 4.78 is 19.7. The van der Waals surface area contributed by atoms with Gasteiger partial charge < -0.3 is 24.6 Å². The summed E-state index contributed by atoms with van der Waals surface area (Å²) in [5, 5.41) is 24.7. The Hall–Kier alpha value is -4.03. The Kier molecular flexibility index (Phi) is 9.98. The molecule has 1 aliphatic rings. The molecule has 0 bridgehead atoms. The van der Waals surface area contributed by atoms with Crippen LogP contribution in [0.15, 0.2) is 90.6 Å². The van der Waals surface area contributed by atoms with Crippen molar-refractivity contribution in [1.29, 1.82) is 0 Å². The van der Waals surface area contributed by atoms with Crippen LogP contribution in [-0.2, 0) is 34.4 Å². The number of carbonyl (C=O) groups is 1. The lowest BCUT2D eigenvalue weighted by Gasteiger charge is -2.36. The van der Waals surface area contributed by atoms with E-state index in [4.69, 9.17) is 14.2 Å². The van der Waals surface area contributed by atoms with Crippen LogP contribution in [0.5, 0.6) is 0 Å². The predicted molar refractivity (Wildman–Crippen MR) is 158 cm³/mol. The zero-order valence-corrected chi connectivity index (χ0v) is 24.1. The van der Waals surface area contributed by atoms with E-state index in [9.17, 15) is 9.90 Å². The fraction of sp³-hybridized carbons (Fsp3) is 0.290. The van der Waals surface area contributed by atoms with Crippen molar-refractivity contribution in [3.8, 4) is 11.1 Å². The molecule has 218 valence electrons. The highest BCUT2D eigenvalue weighted by Crippen LogP contribution is 2.40. The van der Waals surface area contributed by atoms with Crippen LogP contribution in [0.1, 0.15) is 41.1 Å². The predicted octanol–water partition coefficient (Wildman–Crippen LogP) is 5.12. The molecule has 1 aromatic heterocycles. The molecule has 2 N–H and O–H groups in total. The number of aryl methyl sites for hydroxylation is 1. The van der Waals surface area contributed by atoms with E-state index in [2.05, 4.69) is 33.5 Å². The molecule has 0 aliphatic carbocycles. The van der Waals surface area contributed by atoms with Gasteiger partial charge in [-0.25, -0.2) is 9.48 Å². The molecular weight excluding hydrogens is 554 g/mol. The molecule has 1 aliphatic heterocycles. The van der Waals surface area contributed by atoms with Gasteiger partial charge in [-0.2, -0.15) is 0 Å². The van der Waals surface area contributed by atoms with E-state index in [0.29, 0.717) is 18.7 Å². The number of thioether (sulfide) groups is 1. The highest BCUT2D eigenvalue weighted by molar-refractivity contribution is 7.99. The number of nitrogens with zero attached hydrogens (tertiary/aromatic N) is 4. The summed E-state index contributed by atoms with van der Waals surface area (Å²) in [6.07, 6.45) is 0.799. The molecule has 1 fully saturated rings. The summed E-state index contributed by atoms with van der Waals surface area (Å²) in [6, 6.07) is 23.9. The maximum absolute atomic E-state index is 11.8. The van der Waals surface area contributed by atoms with Gasteiger partial charge in [0.2, 0.25) is 5.16 Å². The number of hydrogen-bond acceptors (Lipinski definition) is 9. The Bertz CT molecular complexity index is 1500. The van der Waals surface area contributed by atoms with E-state index in [1.54, 1.807) is 16.4 Å². The molecule has 42 heavy (non-hydrogen) atoms. The minimum Gasteiger partial charge on any atom is -0.445 e. The molecule has 5 rings (SSSR count). The van der Waals surface area contributed by atoms with Crippen molar-refractivity contribution in [2.75, 3.05) is 12.4 Å². The molecule has 3 atom stereocenters. The fourth-order valence-electron chi connectivity index (χ4n) is 4.62. The van der Waals surface area contributed by atoms with Gasteiger partial charge in [0, 0.05) is 31.3 Å². The largest absolute Gasteiger partial charge is 0.445 e. The number of aliphatic hydroxyl groups is 1. The lowest BCUT2D eigenvalue weighted by atomic mass is 9.99. The Morgan fingerprint density at radius 3 is 2.62 bits per heavy atom. The van der Waals surface area contributed by atoms with E-state index in [0.717, 1.165) is 38.5 Å². The molecule has 0 spiro atoms. The van der Waals surface area contributed by atoms with Gasteiger partial charge in [0.05, 0.1) is 18.8 Å². The number of nitrogens with one attached hydrogen (secondary N) is 1. The smallest absolute Gasteiger partial charge is 0.407 e. The lowest BCUT2D eigenvalue weighted by molar-refractivity contribution is -0.245. The molecule has 1 saturated heterocycles. The molecule has 0 saturated carbocycles. The third-order valence-corrected chi connectivity index (χ3v) is 7.93. The summed E-state index contributed by atoms with van der Waals surface area (Å²) in [7, 11) is 1.81. The van der Waals surface area contributed by atoms with Gasteiger partial charge >= 0.3 is 6.09 Å². The van der Waals surface area contributed by atoms with Gasteiger partial charge in [0.15, 0.2) is 6.29 Å². The van der Waals surface area contributed by atoms with Crippen molar-refractivity contribution in [2.45, 2.75) is 43.2 Å². The van der Waals surface area contributed by atoms with Crippen molar-refractivity contribution >= 4 is 17.9 Å². The standard InChI is InChI=1S/C31H33N5O5S/c1-3-14-39-31(38)32-18-22-6-4-7-24(15-22)25-8-5-9-26(16-25)29-40-27(20-42-30-33-34-35-36(30)2)17-28(41-29)23-12-10-21(19-37)11-13-23/h3-13,15-16,27-29,37H,1,14,17-20H2,2H3,(H,32,38). The first kappa shape index (κ1) is 29.5. The van der Waals surface area contributed by atoms with Crippen LogP contribution in [0.4, 0.5) is 4.79 Å². The number of alkyl carbamates (subject to hydrolysis) is 1. The summed E-state index contributed by atoms with van der Waals surface area (Å²) in [6.45, 7) is 4.05. The van der Waals surface area contributed by atoms with Crippen LogP contribution in [0, 0.1) is 0 Å². The second kappa shape index (κ2) is 14.2. The number of benzene rings is 3. The number of amides is 1. The molecule has 4 aromatic rings. The van der Waals surface area contributed by atoms with E-state index in [1.165, 1.54) is 6.08 Å². The zero-order chi connectivity index (χ0) is 29.3. The topological polar surface area (TPSA) is 121 Å². The monoisotopic (exact) mass is 587 g/mol. The first-order valence-electron chi connectivity index (χ1n) is 13.6. The Balaban J connectivity index is 1.34. The Morgan fingerprint density at radius 2 is 1.88 bits per heavy atom. The Morgan fingerprint density at radius 1 is 1.10 bits per heavy atom. The number of tetrazole rings is 1. The number of ether oxygens (including phenoxy) is 3. The van der Waals surface area contributed by atoms with E-state index < -0.39 is 12.4 Å². The van der Waals surface area contributed by atoms with Crippen LogP contribution in [0.3, 0.4) is 0 Å².